The topological polar surface area (TPSA) is 36.5 Å². The zero-order valence-electron chi connectivity index (χ0n) is 11.8. The third-order valence-electron chi connectivity index (χ3n) is 3.68. The van der Waals surface area contributed by atoms with Crippen molar-refractivity contribution in [2.45, 2.75) is 25.7 Å². The fourth-order valence-corrected chi connectivity index (χ4v) is 2.53. The Kier molecular flexibility index (Phi) is 3.49. The van der Waals surface area contributed by atoms with E-state index in [-0.39, 0.29) is 0 Å². The molecule has 4 heteroatoms. The van der Waals surface area contributed by atoms with Gasteiger partial charge in [-0.05, 0) is 60.7 Å². The quantitative estimate of drug-likeness (QED) is 0.789. The summed E-state index contributed by atoms with van der Waals surface area (Å²) in [5.41, 5.74) is 4.97. The molecule has 0 radical (unpaired) electrons. The van der Waals surface area contributed by atoms with Gasteiger partial charge in [0.1, 0.15) is 4.64 Å². The molecule has 1 saturated carbocycles. The van der Waals surface area contributed by atoms with Gasteiger partial charge in [-0.1, -0.05) is 12.2 Å². The summed E-state index contributed by atoms with van der Waals surface area (Å²) in [7, 11) is 2.03. The van der Waals surface area contributed by atoms with Gasteiger partial charge in [0.15, 0.2) is 0 Å². The Morgan fingerprint density at radius 1 is 1.25 bits per heavy atom. The van der Waals surface area contributed by atoms with E-state index in [1.54, 1.807) is 0 Å². The first-order chi connectivity index (χ1) is 9.63. The Morgan fingerprint density at radius 2 is 2.05 bits per heavy atom. The second-order valence-corrected chi connectivity index (χ2v) is 5.89. The smallest absolute Gasteiger partial charge is 0.103 e. The number of hydrogen-bond acceptors (Lipinski definition) is 1. The van der Waals surface area contributed by atoms with Crippen LogP contribution in [0.3, 0.4) is 0 Å². The average molecular weight is 285 g/mol. The number of aromatic nitrogens is 3. The van der Waals surface area contributed by atoms with Gasteiger partial charge in [0.25, 0.3) is 0 Å². The number of pyridine rings is 1. The third kappa shape index (κ3) is 2.85. The van der Waals surface area contributed by atoms with Crippen molar-refractivity contribution in [2.24, 2.45) is 7.05 Å². The Bertz CT molecular complexity index is 710. The lowest BCUT2D eigenvalue weighted by atomic mass is 10.0. The van der Waals surface area contributed by atoms with E-state index in [4.69, 9.17) is 12.2 Å². The van der Waals surface area contributed by atoms with Gasteiger partial charge in [0.05, 0.1) is 0 Å². The molecule has 0 atom stereocenters. The maximum atomic E-state index is 5.11. The lowest BCUT2D eigenvalue weighted by Gasteiger charge is -2.08. The minimum atomic E-state index is 0.696. The van der Waals surface area contributed by atoms with Crippen LogP contribution in [0.1, 0.15) is 30.0 Å². The molecule has 0 unspecified atom stereocenters. The summed E-state index contributed by atoms with van der Waals surface area (Å²) < 4.78 is 2.77. The average Bonchev–Trinajstić information content (AvgIpc) is 3.23. The van der Waals surface area contributed by atoms with Crippen LogP contribution in [0.4, 0.5) is 0 Å². The Labute approximate surface area is 124 Å². The molecule has 3 nitrogen and oxygen atoms in total. The monoisotopic (exact) mass is 285 g/mol. The number of aromatic amines is 2. The van der Waals surface area contributed by atoms with Gasteiger partial charge in [0.2, 0.25) is 0 Å². The zero-order chi connectivity index (χ0) is 14.1. The molecule has 0 spiro atoms. The number of rotatable bonds is 2. The lowest BCUT2D eigenvalue weighted by molar-refractivity contribution is 0.713. The highest BCUT2D eigenvalue weighted by Crippen LogP contribution is 2.39. The second kappa shape index (κ2) is 5.29. The number of aryl methyl sites for hydroxylation is 2. The summed E-state index contributed by atoms with van der Waals surface area (Å²) in [6, 6.07) is 8.41. The van der Waals surface area contributed by atoms with Crippen LogP contribution in [0, 0.1) is 11.6 Å². The van der Waals surface area contributed by atoms with Crippen LogP contribution in [0.5, 0.6) is 0 Å². The molecule has 0 amide bonds. The highest BCUT2D eigenvalue weighted by Gasteiger charge is 2.24. The van der Waals surface area contributed by atoms with Crippen molar-refractivity contribution >= 4 is 12.2 Å². The summed E-state index contributed by atoms with van der Waals surface area (Å²) in [5, 5.41) is 3.44. The van der Waals surface area contributed by atoms with Crippen molar-refractivity contribution in [1.29, 1.82) is 0 Å². The predicted octanol–water partition coefficient (Wildman–Crippen LogP) is 4.39. The van der Waals surface area contributed by atoms with Crippen LogP contribution < -0.4 is 0 Å². The van der Waals surface area contributed by atoms with Crippen LogP contribution in [-0.4, -0.2) is 14.8 Å². The largest absolute Gasteiger partial charge is 0.352 e. The molecule has 0 aromatic carbocycles. The van der Waals surface area contributed by atoms with Gasteiger partial charge < -0.3 is 10.1 Å². The molecule has 1 aliphatic carbocycles. The summed E-state index contributed by atoms with van der Waals surface area (Å²) >= 11 is 5.11. The normalized spacial score (nSPS) is 14.1. The summed E-state index contributed by atoms with van der Waals surface area (Å²) in [6.07, 6.45) is 6.62. The van der Waals surface area contributed by atoms with E-state index >= 15 is 0 Å². The van der Waals surface area contributed by atoms with E-state index in [2.05, 4.69) is 41.4 Å². The lowest BCUT2D eigenvalue weighted by Crippen LogP contribution is -1.98. The van der Waals surface area contributed by atoms with Crippen LogP contribution in [0.2, 0.25) is 0 Å². The summed E-state index contributed by atoms with van der Waals surface area (Å²) in [5.74, 6) is 0.696. The molecule has 2 aromatic rings. The molecule has 2 heterocycles. The number of H-pyrrole nitrogens is 2. The standard InChI is InChI=1S/C16H19N3S/c1-11-9-15(12-3-4-12)18-19(2)8-7-14(11)13-5-6-16(20)17-10-13/h5-10,12,18H,3-4H2,1-2H3,(H,17,20). The van der Waals surface area contributed by atoms with E-state index in [1.807, 2.05) is 24.0 Å². The molecule has 0 bridgehead atoms. The molecule has 2 aromatic heterocycles. The Hall–Kier alpha value is -1.81. The van der Waals surface area contributed by atoms with E-state index in [9.17, 15) is 0 Å². The van der Waals surface area contributed by atoms with Crippen molar-refractivity contribution in [3.63, 3.8) is 0 Å². The van der Waals surface area contributed by atoms with E-state index in [1.165, 1.54) is 29.7 Å². The van der Waals surface area contributed by atoms with E-state index in [0.29, 0.717) is 5.92 Å². The van der Waals surface area contributed by atoms with E-state index < -0.39 is 0 Å². The minimum Gasteiger partial charge on any atom is -0.352 e. The molecule has 1 aliphatic rings. The number of nitrogens with zero attached hydrogens (tertiary/aromatic N) is 1. The van der Waals surface area contributed by atoms with Crippen molar-refractivity contribution < 1.29 is 0 Å². The van der Waals surface area contributed by atoms with Crippen molar-refractivity contribution in [1.82, 2.24) is 14.8 Å². The molecular weight excluding hydrogens is 266 g/mol. The molecule has 0 aliphatic heterocycles. The third-order valence-corrected chi connectivity index (χ3v) is 3.93. The predicted molar refractivity (Wildman–Crippen MR) is 84.7 cm³/mol. The van der Waals surface area contributed by atoms with Gasteiger partial charge in [-0.15, -0.1) is 0 Å². The van der Waals surface area contributed by atoms with Crippen molar-refractivity contribution in [2.75, 3.05) is 0 Å². The van der Waals surface area contributed by atoms with Gasteiger partial charge >= 0.3 is 0 Å². The van der Waals surface area contributed by atoms with Gasteiger partial charge in [-0.25, -0.2) is 0 Å². The van der Waals surface area contributed by atoms with Gasteiger partial charge in [-0.2, -0.15) is 0 Å². The fourth-order valence-electron chi connectivity index (χ4n) is 2.41. The SMILES string of the molecule is Cc1cc(C2CC2)[nH]n(C)ccc1-c1ccc(=S)[nH]c1. The van der Waals surface area contributed by atoms with Crippen LogP contribution >= 0.6 is 12.2 Å². The fraction of sp³-hybridized carbons (Fsp3) is 0.312. The number of nitrogens with one attached hydrogen (secondary N) is 2. The molecule has 1 fully saturated rings. The maximum absolute atomic E-state index is 5.11. The molecule has 20 heavy (non-hydrogen) atoms. The zero-order valence-corrected chi connectivity index (χ0v) is 12.6. The number of hydrogen-bond donors (Lipinski definition) is 2. The second-order valence-electron chi connectivity index (χ2n) is 5.45. The Morgan fingerprint density at radius 3 is 2.70 bits per heavy atom. The van der Waals surface area contributed by atoms with Crippen LogP contribution in [0.25, 0.3) is 11.1 Å². The maximum Gasteiger partial charge on any atom is 0.103 e. The van der Waals surface area contributed by atoms with Gasteiger partial charge in [0, 0.05) is 31.1 Å². The molecule has 104 valence electrons. The Balaban J connectivity index is 2.17. The van der Waals surface area contributed by atoms with Crippen molar-refractivity contribution in [3.05, 3.63) is 52.6 Å². The first-order valence-electron chi connectivity index (χ1n) is 6.93. The van der Waals surface area contributed by atoms with Crippen molar-refractivity contribution in [3.8, 4) is 11.1 Å². The van der Waals surface area contributed by atoms with Crippen LogP contribution in [-0.2, 0) is 7.05 Å². The van der Waals surface area contributed by atoms with Gasteiger partial charge in [-0.3, -0.25) is 4.68 Å². The molecule has 0 saturated heterocycles. The van der Waals surface area contributed by atoms with Crippen LogP contribution in [0.15, 0.2) is 36.7 Å². The molecular formula is C16H19N3S. The highest BCUT2D eigenvalue weighted by atomic mass is 32.1. The highest BCUT2D eigenvalue weighted by molar-refractivity contribution is 7.71. The summed E-state index contributed by atoms with van der Waals surface area (Å²) in [4.78, 5) is 3.11. The summed E-state index contributed by atoms with van der Waals surface area (Å²) in [6.45, 7) is 2.16. The minimum absolute atomic E-state index is 0.696. The van der Waals surface area contributed by atoms with E-state index in [0.717, 1.165) is 10.2 Å². The molecule has 2 N–H and O–H groups in total. The first-order valence-corrected chi connectivity index (χ1v) is 7.33. The molecule has 3 rings (SSSR count). The first kappa shape index (κ1) is 13.2.